The summed E-state index contributed by atoms with van der Waals surface area (Å²) in [4.78, 5) is 12.3. The molecule has 1 aliphatic carbocycles. The number of aryl methyl sites for hydroxylation is 1. The standard InChI is InChI=1S/C14H14N2O/c1-16-13(6-7-15-16)14(17)12-8-10-4-2-3-5-11(10)9-12/h2-7,12H,8-9H2,1H3. The minimum atomic E-state index is 0.0859. The van der Waals surface area contributed by atoms with Gasteiger partial charge in [-0.3, -0.25) is 9.48 Å². The maximum Gasteiger partial charge on any atom is 0.184 e. The number of carbonyl (C=O) groups is 1. The summed E-state index contributed by atoms with van der Waals surface area (Å²) in [5.41, 5.74) is 3.34. The van der Waals surface area contributed by atoms with Crippen molar-refractivity contribution >= 4 is 5.78 Å². The van der Waals surface area contributed by atoms with Gasteiger partial charge in [-0.1, -0.05) is 24.3 Å². The van der Waals surface area contributed by atoms with Gasteiger partial charge in [-0.2, -0.15) is 5.10 Å². The van der Waals surface area contributed by atoms with Gasteiger partial charge in [0, 0.05) is 19.2 Å². The van der Waals surface area contributed by atoms with Gasteiger partial charge in [-0.15, -0.1) is 0 Å². The molecular weight excluding hydrogens is 212 g/mol. The number of carbonyl (C=O) groups excluding carboxylic acids is 1. The average Bonchev–Trinajstić information content (AvgIpc) is 2.93. The van der Waals surface area contributed by atoms with Crippen LogP contribution in [0, 0.1) is 5.92 Å². The summed E-state index contributed by atoms with van der Waals surface area (Å²) < 4.78 is 1.66. The van der Waals surface area contributed by atoms with Gasteiger partial charge in [0.1, 0.15) is 5.69 Å². The van der Waals surface area contributed by atoms with E-state index in [2.05, 4.69) is 17.2 Å². The maximum atomic E-state index is 12.3. The van der Waals surface area contributed by atoms with E-state index in [1.807, 2.05) is 19.2 Å². The van der Waals surface area contributed by atoms with Crippen LogP contribution >= 0.6 is 0 Å². The first-order chi connectivity index (χ1) is 8.25. The summed E-state index contributed by atoms with van der Waals surface area (Å²) in [7, 11) is 1.81. The van der Waals surface area contributed by atoms with Gasteiger partial charge >= 0.3 is 0 Å². The summed E-state index contributed by atoms with van der Waals surface area (Å²) in [5, 5.41) is 4.05. The minimum absolute atomic E-state index is 0.0859. The molecule has 0 saturated heterocycles. The van der Waals surface area contributed by atoms with Gasteiger partial charge in [0.15, 0.2) is 5.78 Å². The molecule has 1 aliphatic rings. The fraction of sp³-hybridized carbons (Fsp3) is 0.286. The summed E-state index contributed by atoms with van der Waals surface area (Å²) >= 11 is 0. The Bertz CT molecular complexity index is 546. The molecular formula is C14H14N2O. The first-order valence-corrected chi connectivity index (χ1v) is 5.84. The zero-order chi connectivity index (χ0) is 11.8. The summed E-state index contributed by atoms with van der Waals surface area (Å²) in [6, 6.07) is 10.1. The van der Waals surface area contributed by atoms with Crippen molar-refractivity contribution in [2.24, 2.45) is 13.0 Å². The molecule has 3 rings (SSSR count). The number of Topliss-reactive ketones (excluding diaryl/α,β-unsaturated/α-hetero) is 1. The molecule has 1 heterocycles. The van der Waals surface area contributed by atoms with E-state index in [9.17, 15) is 4.79 Å². The van der Waals surface area contributed by atoms with E-state index in [0.717, 1.165) is 12.8 Å². The Morgan fingerprint density at radius 2 is 1.88 bits per heavy atom. The Morgan fingerprint density at radius 3 is 2.41 bits per heavy atom. The Labute approximate surface area is 100 Å². The van der Waals surface area contributed by atoms with Crippen molar-refractivity contribution in [3.05, 3.63) is 53.3 Å². The molecule has 86 valence electrons. The van der Waals surface area contributed by atoms with E-state index >= 15 is 0 Å². The average molecular weight is 226 g/mol. The third kappa shape index (κ3) is 1.68. The first-order valence-electron chi connectivity index (χ1n) is 5.84. The number of nitrogens with zero attached hydrogens (tertiary/aromatic N) is 2. The maximum absolute atomic E-state index is 12.3. The molecule has 1 aromatic heterocycles. The number of hydrogen-bond acceptors (Lipinski definition) is 2. The van der Waals surface area contributed by atoms with Gasteiger partial charge in [0.25, 0.3) is 0 Å². The Balaban J connectivity index is 1.86. The van der Waals surface area contributed by atoms with E-state index in [4.69, 9.17) is 0 Å². The lowest BCUT2D eigenvalue weighted by Crippen LogP contribution is -2.18. The molecule has 17 heavy (non-hydrogen) atoms. The van der Waals surface area contributed by atoms with Crippen LogP contribution in [0.2, 0.25) is 0 Å². The van der Waals surface area contributed by atoms with E-state index in [1.165, 1.54) is 11.1 Å². The molecule has 0 bridgehead atoms. The Morgan fingerprint density at radius 1 is 1.24 bits per heavy atom. The molecule has 1 aromatic carbocycles. The number of fused-ring (bicyclic) bond motifs is 1. The van der Waals surface area contributed by atoms with Crippen LogP contribution < -0.4 is 0 Å². The van der Waals surface area contributed by atoms with Crippen molar-refractivity contribution in [1.29, 1.82) is 0 Å². The molecule has 3 heteroatoms. The van der Waals surface area contributed by atoms with Crippen molar-refractivity contribution in [3.63, 3.8) is 0 Å². The van der Waals surface area contributed by atoms with Crippen molar-refractivity contribution in [3.8, 4) is 0 Å². The van der Waals surface area contributed by atoms with Gasteiger partial charge in [-0.25, -0.2) is 0 Å². The van der Waals surface area contributed by atoms with Crippen LogP contribution in [0.3, 0.4) is 0 Å². The molecule has 0 amide bonds. The van der Waals surface area contributed by atoms with Crippen LogP contribution in [0.25, 0.3) is 0 Å². The zero-order valence-electron chi connectivity index (χ0n) is 9.76. The van der Waals surface area contributed by atoms with Gasteiger partial charge < -0.3 is 0 Å². The zero-order valence-corrected chi connectivity index (χ0v) is 9.76. The summed E-state index contributed by atoms with van der Waals surface area (Å²) in [6.07, 6.45) is 3.40. The smallest absolute Gasteiger partial charge is 0.184 e. The summed E-state index contributed by atoms with van der Waals surface area (Å²) in [6.45, 7) is 0. The van der Waals surface area contributed by atoms with Crippen LogP contribution in [0.1, 0.15) is 21.6 Å². The van der Waals surface area contributed by atoms with E-state index in [-0.39, 0.29) is 11.7 Å². The third-order valence-corrected chi connectivity index (χ3v) is 3.50. The number of rotatable bonds is 2. The van der Waals surface area contributed by atoms with Crippen molar-refractivity contribution in [1.82, 2.24) is 9.78 Å². The Kier molecular flexibility index (Phi) is 2.32. The molecule has 0 saturated carbocycles. The predicted octanol–water partition coefficient (Wildman–Crippen LogP) is 2.02. The van der Waals surface area contributed by atoms with Crippen LogP contribution in [-0.4, -0.2) is 15.6 Å². The number of ketones is 1. The van der Waals surface area contributed by atoms with Crippen LogP contribution in [0.4, 0.5) is 0 Å². The fourth-order valence-electron chi connectivity index (χ4n) is 2.57. The molecule has 0 unspecified atom stereocenters. The highest BCUT2D eigenvalue weighted by atomic mass is 16.1. The topological polar surface area (TPSA) is 34.9 Å². The third-order valence-electron chi connectivity index (χ3n) is 3.50. The molecule has 0 radical (unpaired) electrons. The first kappa shape index (κ1) is 10.3. The van der Waals surface area contributed by atoms with E-state index in [1.54, 1.807) is 16.9 Å². The van der Waals surface area contributed by atoms with Crippen LogP contribution in [0.5, 0.6) is 0 Å². The normalized spacial score (nSPS) is 14.9. The lowest BCUT2D eigenvalue weighted by Gasteiger charge is -2.07. The highest BCUT2D eigenvalue weighted by molar-refractivity contribution is 5.97. The summed E-state index contributed by atoms with van der Waals surface area (Å²) in [5.74, 6) is 0.295. The van der Waals surface area contributed by atoms with Crippen molar-refractivity contribution in [2.75, 3.05) is 0 Å². The highest BCUT2D eigenvalue weighted by Gasteiger charge is 2.28. The molecule has 0 fully saturated rings. The Hall–Kier alpha value is -1.90. The predicted molar refractivity (Wildman–Crippen MR) is 64.9 cm³/mol. The largest absolute Gasteiger partial charge is 0.292 e. The fourth-order valence-corrected chi connectivity index (χ4v) is 2.57. The lowest BCUT2D eigenvalue weighted by atomic mass is 9.98. The monoisotopic (exact) mass is 226 g/mol. The SMILES string of the molecule is Cn1nccc1C(=O)C1Cc2ccccc2C1. The van der Waals surface area contributed by atoms with E-state index in [0.29, 0.717) is 5.69 Å². The second kappa shape index (κ2) is 3.84. The van der Waals surface area contributed by atoms with Crippen LogP contribution in [0.15, 0.2) is 36.5 Å². The molecule has 2 aromatic rings. The van der Waals surface area contributed by atoms with E-state index < -0.39 is 0 Å². The minimum Gasteiger partial charge on any atom is -0.292 e. The van der Waals surface area contributed by atoms with Crippen molar-refractivity contribution in [2.45, 2.75) is 12.8 Å². The molecule has 0 aliphatic heterocycles. The van der Waals surface area contributed by atoms with Crippen LogP contribution in [-0.2, 0) is 19.9 Å². The number of benzene rings is 1. The number of hydrogen-bond donors (Lipinski definition) is 0. The molecule has 0 N–H and O–H groups in total. The second-order valence-corrected chi connectivity index (χ2v) is 4.58. The highest BCUT2D eigenvalue weighted by Crippen LogP contribution is 2.28. The van der Waals surface area contributed by atoms with Gasteiger partial charge in [0.2, 0.25) is 0 Å². The van der Waals surface area contributed by atoms with Gasteiger partial charge in [-0.05, 0) is 30.0 Å². The quantitative estimate of drug-likeness (QED) is 0.734. The molecule has 0 spiro atoms. The van der Waals surface area contributed by atoms with Crippen molar-refractivity contribution < 1.29 is 4.79 Å². The second-order valence-electron chi connectivity index (χ2n) is 4.58. The molecule has 3 nitrogen and oxygen atoms in total. The number of aromatic nitrogens is 2. The molecule has 0 atom stereocenters. The lowest BCUT2D eigenvalue weighted by molar-refractivity contribution is 0.0915. The van der Waals surface area contributed by atoms with Gasteiger partial charge in [0.05, 0.1) is 0 Å².